The number of carbonyl (C=O) groups excluding carboxylic acids is 5. The van der Waals surface area contributed by atoms with Crippen molar-refractivity contribution in [1.82, 2.24) is 4.90 Å². The number of esters is 1. The van der Waals surface area contributed by atoms with Gasteiger partial charge >= 0.3 is 5.97 Å². The molecule has 366 valence electrons. The van der Waals surface area contributed by atoms with Gasteiger partial charge in [-0.25, -0.2) is 4.79 Å². The Labute approximate surface area is 391 Å². The predicted octanol–water partition coefficient (Wildman–Crippen LogP) is 6.18. The lowest BCUT2D eigenvalue weighted by Crippen LogP contribution is -2.61. The Bertz CT molecular complexity index is 1870. The number of Topliss-reactive ketones (excluding diaryl/α,β-unsaturated/α-hetero) is 3. The highest BCUT2D eigenvalue weighted by atomic mass is 16.6. The minimum absolute atomic E-state index is 0.0199. The molecule has 1 unspecified atom stereocenters. The van der Waals surface area contributed by atoms with E-state index in [1.165, 1.54) is 7.11 Å². The zero-order chi connectivity index (χ0) is 50.7. The van der Waals surface area contributed by atoms with Crippen molar-refractivity contribution < 1.29 is 67.1 Å². The lowest BCUT2D eigenvalue weighted by Gasteiger charge is -2.42. The van der Waals surface area contributed by atoms with Crippen molar-refractivity contribution in [3.05, 3.63) is 47.6 Å². The minimum Gasteiger partial charge on any atom is -0.460 e. The van der Waals surface area contributed by atoms with Crippen molar-refractivity contribution in [2.24, 2.45) is 35.5 Å². The number of carbonyl (C=O) groups is 5. The molecule has 0 aromatic rings. The topological polar surface area (TPSA) is 195 Å². The fourth-order valence-corrected chi connectivity index (χ4v) is 10.00. The number of hydrogen-bond donors (Lipinski definition) is 3. The Morgan fingerprint density at radius 3 is 2.34 bits per heavy atom. The maximum Gasteiger partial charge on any atom is 0.329 e. The summed E-state index contributed by atoms with van der Waals surface area (Å²) < 4.78 is 52.5. The van der Waals surface area contributed by atoms with E-state index in [0.29, 0.717) is 56.9 Å². The number of rotatable bonds is 6. The molecule has 3 fully saturated rings. The van der Waals surface area contributed by atoms with Gasteiger partial charge in [-0.3, -0.25) is 19.2 Å². The van der Waals surface area contributed by atoms with Crippen molar-refractivity contribution >= 4 is 29.2 Å². The number of cyclic esters (lactones) is 1. The second-order valence-electron chi connectivity index (χ2n) is 19.5. The third-order valence-corrected chi connectivity index (χ3v) is 14.3. The molecule has 0 aromatic carbocycles. The SMILES string of the molecule is [2H]C([2H])([2H])O[C@H]1C[C@@H]2CC[C@@H](C)[C@@](O)(O2)C(=O)C(=O)N2CCCC[C@H]2C(=O)O[C@H]([C@H](C)C[C@@H]2CC[C@@H](O)[C@H](OC)C2)CC(=O)/C(C)=C/C(C)[C@@H](O)[C@@H](OC)C(=O)[C@H](C)C[C@H](C)C=CC=CC=C1C. The van der Waals surface area contributed by atoms with E-state index in [4.69, 9.17) is 27.8 Å². The van der Waals surface area contributed by atoms with Crippen molar-refractivity contribution in [1.29, 1.82) is 0 Å². The summed E-state index contributed by atoms with van der Waals surface area (Å²) in [6.07, 6.45) is 8.36. The molecule has 2 bridgehead atoms. The van der Waals surface area contributed by atoms with Crippen LogP contribution in [0.15, 0.2) is 47.6 Å². The molecule has 0 spiro atoms. The summed E-state index contributed by atoms with van der Waals surface area (Å²) in [7, 11) is 0.108. The molecule has 3 N–H and O–H groups in total. The summed E-state index contributed by atoms with van der Waals surface area (Å²) in [6.45, 7) is 12.2. The maximum atomic E-state index is 14.4. The first kappa shape index (κ1) is 49.5. The van der Waals surface area contributed by atoms with Gasteiger partial charge in [0.2, 0.25) is 5.79 Å². The number of ether oxygens (including phenoxy) is 5. The van der Waals surface area contributed by atoms with E-state index >= 15 is 0 Å². The quantitative estimate of drug-likeness (QED) is 0.202. The van der Waals surface area contributed by atoms with E-state index in [1.807, 2.05) is 19.9 Å². The van der Waals surface area contributed by atoms with Crippen molar-refractivity contribution in [2.75, 3.05) is 27.8 Å². The molecule has 4 rings (SSSR count). The van der Waals surface area contributed by atoms with Gasteiger partial charge in [0, 0.05) is 58.4 Å². The van der Waals surface area contributed by atoms with Gasteiger partial charge < -0.3 is 43.9 Å². The Kier molecular flexibility index (Phi) is 19.1. The second-order valence-corrected chi connectivity index (χ2v) is 19.5. The Morgan fingerprint density at radius 2 is 1.65 bits per heavy atom. The molecule has 1 saturated carbocycles. The number of fused-ring (bicyclic) bond motifs is 3. The summed E-state index contributed by atoms with van der Waals surface area (Å²) >= 11 is 0. The van der Waals surface area contributed by atoms with Crippen LogP contribution in [0.5, 0.6) is 0 Å². The third-order valence-electron chi connectivity index (χ3n) is 14.3. The molecule has 0 aromatic heterocycles. The smallest absolute Gasteiger partial charge is 0.329 e. The fourth-order valence-electron chi connectivity index (χ4n) is 10.00. The number of amides is 1. The first-order valence-electron chi connectivity index (χ1n) is 25.2. The summed E-state index contributed by atoms with van der Waals surface area (Å²) in [4.78, 5) is 71.9. The van der Waals surface area contributed by atoms with E-state index < -0.39 is 90.9 Å². The van der Waals surface area contributed by atoms with Gasteiger partial charge in [-0.2, -0.15) is 0 Å². The molecule has 3 aliphatic heterocycles. The molecule has 1 amide bonds. The van der Waals surface area contributed by atoms with Crippen LogP contribution in [0.1, 0.15) is 130 Å². The molecule has 14 heteroatoms. The summed E-state index contributed by atoms with van der Waals surface area (Å²) in [6, 6.07) is -1.21. The summed E-state index contributed by atoms with van der Waals surface area (Å²) in [5.74, 6) is -8.80. The molecular weight excluding hydrogens is 835 g/mol. The van der Waals surface area contributed by atoms with E-state index in [0.717, 1.165) is 4.90 Å². The van der Waals surface area contributed by atoms with Crippen LogP contribution in [0.3, 0.4) is 0 Å². The van der Waals surface area contributed by atoms with Gasteiger partial charge in [0.15, 0.2) is 11.6 Å². The van der Waals surface area contributed by atoms with Crippen LogP contribution in [0.4, 0.5) is 0 Å². The van der Waals surface area contributed by atoms with E-state index in [-0.39, 0.29) is 73.2 Å². The molecular formula is C51H79NO13. The number of aliphatic hydroxyl groups excluding tert-OH is 2. The standard InChI is InChI=1S/C51H79NO13/c1-30-16-12-11-13-17-31(2)42(61-8)28-38-21-19-36(7)51(60,65-38)48(57)49(58)52-23-15-14-18-39(52)50(59)64-43(33(4)26-37-20-22-40(53)44(27-37)62-9)29-41(54)32(3)25-35(6)46(56)47(63-10)45(55)34(5)24-30/h11-13,16-17,25,30,33-40,42-44,46-47,53,56,60H,14-15,18-24,26-29H2,1-10H3/b13-11?,16-12?,31-17?,32-25+/t30-,33-,34-,35?,36-,37+,38+,39+,40-,42+,43+,44-,46-,47+,51-/m1/s1/i8D3. The normalized spacial score (nSPS) is 39.5. The van der Waals surface area contributed by atoms with Crippen molar-refractivity contribution in [2.45, 2.75) is 180 Å². The minimum atomic E-state index is -2.80. The highest BCUT2D eigenvalue weighted by Crippen LogP contribution is 2.38. The predicted molar refractivity (Wildman–Crippen MR) is 245 cm³/mol. The Morgan fingerprint density at radius 1 is 0.908 bits per heavy atom. The lowest BCUT2D eigenvalue weighted by atomic mass is 9.78. The zero-order valence-corrected chi connectivity index (χ0v) is 40.1. The molecule has 2 saturated heterocycles. The number of allylic oxidation sites excluding steroid dienone is 6. The van der Waals surface area contributed by atoms with Crippen molar-refractivity contribution in [3.8, 4) is 0 Å². The second kappa shape index (κ2) is 25.1. The third kappa shape index (κ3) is 14.3. The van der Waals surface area contributed by atoms with Gasteiger partial charge in [-0.1, -0.05) is 71.1 Å². The first-order valence-corrected chi connectivity index (χ1v) is 23.7. The maximum absolute atomic E-state index is 14.4. The highest BCUT2D eigenvalue weighted by molar-refractivity contribution is 6.39. The molecule has 1 aliphatic carbocycles. The largest absolute Gasteiger partial charge is 0.460 e. The monoisotopic (exact) mass is 917 g/mol. The number of aliphatic hydroxyl groups is 3. The Hall–Kier alpha value is -3.37. The van der Waals surface area contributed by atoms with Crippen LogP contribution in [-0.4, -0.2) is 132 Å². The van der Waals surface area contributed by atoms with Crippen LogP contribution < -0.4 is 0 Å². The molecule has 14 nitrogen and oxygen atoms in total. The number of nitrogens with zero attached hydrogens (tertiary/aromatic N) is 1. The van der Waals surface area contributed by atoms with E-state index in [9.17, 15) is 39.3 Å². The Balaban J connectivity index is 1.73. The molecule has 3 heterocycles. The lowest BCUT2D eigenvalue weighted by molar-refractivity contribution is -0.265. The molecule has 0 radical (unpaired) electrons. The first-order chi connectivity index (χ1) is 31.9. The summed E-state index contributed by atoms with van der Waals surface area (Å²) in [5.41, 5.74) is 0.810. The fraction of sp³-hybridized carbons (Fsp3) is 0.745. The van der Waals surface area contributed by atoms with Gasteiger partial charge in [0.05, 0.1) is 34.6 Å². The molecule has 4 aliphatic rings. The van der Waals surface area contributed by atoms with E-state index in [2.05, 4.69) is 0 Å². The van der Waals surface area contributed by atoms with Crippen LogP contribution in [-0.2, 0) is 47.7 Å². The molecule has 65 heavy (non-hydrogen) atoms. The van der Waals surface area contributed by atoms with Crippen LogP contribution >= 0.6 is 0 Å². The van der Waals surface area contributed by atoms with Crippen molar-refractivity contribution in [3.63, 3.8) is 0 Å². The van der Waals surface area contributed by atoms with Crippen LogP contribution in [0, 0.1) is 35.5 Å². The zero-order valence-electron chi connectivity index (χ0n) is 43.1. The average Bonchev–Trinajstić information content (AvgIpc) is 3.28. The van der Waals surface area contributed by atoms with Gasteiger partial charge in [-0.15, -0.1) is 0 Å². The van der Waals surface area contributed by atoms with Gasteiger partial charge in [0.25, 0.3) is 11.7 Å². The van der Waals surface area contributed by atoms with Gasteiger partial charge in [-0.05, 0) is 107 Å². The highest BCUT2D eigenvalue weighted by Gasteiger charge is 2.53. The van der Waals surface area contributed by atoms with E-state index in [1.54, 1.807) is 72.1 Å². The summed E-state index contributed by atoms with van der Waals surface area (Å²) in [5, 5.41) is 33.9. The number of ketones is 3. The van der Waals surface area contributed by atoms with Gasteiger partial charge in [0.1, 0.15) is 18.2 Å². The average molecular weight is 917 g/mol. The number of piperidine rings is 1. The van der Waals surface area contributed by atoms with Crippen LogP contribution in [0.2, 0.25) is 0 Å². The molecule has 15 atom stereocenters. The van der Waals surface area contributed by atoms with Crippen LogP contribution in [0.25, 0.3) is 0 Å². The number of methoxy groups -OCH3 is 3. The number of hydrogen-bond acceptors (Lipinski definition) is 13.